The number of halogens is 2. The molecule has 2 N–H and O–H groups in total. The molecule has 9 nitrogen and oxygen atoms in total. The van der Waals surface area contributed by atoms with Gasteiger partial charge in [-0.1, -0.05) is 107 Å². The zero-order valence-electron chi connectivity index (χ0n) is 31.3. The Kier molecular flexibility index (Phi) is 17.5. The largest absolute Gasteiger partial charge is 0.349 e. The number of carbonyl (C=O) groups is 1. The molecular formula is C40H58ClFN8OS. The van der Waals surface area contributed by atoms with Crippen molar-refractivity contribution in [3.8, 4) is 11.3 Å². The number of aromatic nitrogens is 4. The lowest BCUT2D eigenvalue weighted by Crippen LogP contribution is -2.48. The van der Waals surface area contributed by atoms with E-state index in [0.717, 1.165) is 79.4 Å². The van der Waals surface area contributed by atoms with E-state index in [1.807, 2.05) is 35.2 Å². The highest BCUT2D eigenvalue weighted by Crippen LogP contribution is 2.33. The highest BCUT2D eigenvalue weighted by Gasteiger charge is 2.27. The first-order valence-corrected chi connectivity index (χ1v) is 20.2. The minimum Gasteiger partial charge on any atom is -0.349 e. The van der Waals surface area contributed by atoms with Crippen LogP contribution in [0.1, 0.15) is 116 Å². The van der Waals surface area contributed by atoms with Crippen LogP contribution in [0.2, 0.25) is 0 Å². The Hall–Kier alpha value is -3.41. The molecule has 52 heavy (non-hydrogen) atoms. The molecule has 0 radical (unpaired) electrons. The van der Waals surface area contributed by atoms with Crippen molar-refractivity contribution in [2.45, 2.75) is 110 Å². The number of pyridine rings is 1. The van der Waals surface area contributed by atoms with Crippen LogP contribution in [-0.2, 0) is 4.79 Å². The van der Waals surface area contributed by atoms with Gasteiger partial charge in [0.1, 0.15) is 11.5 Å². The molecule has 1 atom stereocenters. The number of carbonyl (C=O) groups excluding carboxylic acids is 1. The number of anilines is 3. The number of hydrogen-bond acceptors (Lipinski definition) is 9. The molecule has 0 bridgehead atoms. The van der Waals surface area contributed by atoms with E-state index in [4.69, 9.17) is 4.98 Å². The Balaban J connectivity index is 0.00000605. The Morgan fingerprint density at radius 3 is 2.19 bits per heavy atom. The number of amides is 1. The second-order valence-electron chi connectivity index (χ2n) is 13.6. The average molecular weight is 753 g/mol. The van der Waals surface area contributed by atoms with E-state index in [0.29, 0.717) is 11.4 Å². The van der Waals surface area contributed by atoms with Gasteiger partial charge in [0, 0.05) is 51.0 Å². The monoisotopic (exact) mass is 752 g/mol. The quantitative estimate of drug-likeness (QED) is 0.0812. The molecule has 12 heteroatoms. The summed E-state index contributed by atoms with van der Waals surface area (Å²) in [6, 6.07) is 9.55. The van der Waals surface area contributed by atoms with Crippen LogP contribution < -0.4 is 15.5 Å². The van der Waals surface area contributed by atoms with Crippen LogP contribution in [0.4, 0.5) is 21.3 Å². The molecule has 3 aromatic heterocycles. The van der Waals surface area contributed by atoms with Crippen molar-refractivity contribution in [1.82, 2.24) is 30.2 Å². The van der Waals surface area contributed by atoms with E-state index < -0.39 is 5.82 Å². The van der Waals surface area contributed by atoms with Crippen molar-refractivity contribution in [2.24, 2.45) is 0 Å². The molecule has 0 aliphatic carbocycles. The number of hydrogen-bond donors (Lipinski definition) is 2. The van der Waals surface area contributed by atoms with Crippen LogP contribution in [0.15, 0.2) is 42.7 Å². The summed E-state index contributed by atoms with van der Waals surface area (Å²) < 4.78 is 16.0. The number of thiazole rings is 1. The summed E-state index contributed by atoms with van der Waals surface area (Å²) in [5.41, 5.74) is 2.69. The summed E-state index contributed by atoms with van der Waals surface area (Å²) in [4.78, 5) is 36.1. The van der Waals surface area contributed by atoms with Crippen LogP contribution in [0.5, 0.6) is 0 Å². The number of unbranched alkanes of at least 4 members (excludes halogenated alkanes) is 11. The molecule has 284 valence electrons. The number of nitrogens with one attached hydrogen (secondary N) is 2. The lowest BCUT2D eigenvalue weighted by Gasteiger charge is -2.31. The molecule has 1 amide bonds. The normalized spacial score (nSPS) is 13.6. The van der Waals surface area contributed by atoms with E-state index in [2.05, 4.69) is 51.3 Å². The van der Waals surface area contributed by atoms with E-state index >= 15 is 4.39 Å². The molecule has 1 fully saturated rings. The molecule has 1 aliphatic rings. The molecule has 0 saturated carbocycles. The molecule has 1 unspecified atom stereocenters. The van der Waals surface area contributed by atoms with Crippen LogP contribution in [-0.4, -0.2) is 70.0 Å². The zero-order valence-corrected chi connectivity index (χ0v) is 33.0. The summed E-state index contributed by atoms with van der Waals surface area (Å²) in [6.45, 7) is 11.4. The SMILES string of the molecule is CCCCCCCCCCCCCCC(C(=O)N1CCNCC1)c1ccc(Nc2ncc(F)c(-c3ccc4nc(N(CC)CC)sc4c3)n2)nc1.Cl. The highest BCUT2D eigenvalue weighted by atomic mass is 35.5. The second-order valence-corrected chi connectivity index (χ2v) is 14.7. The average Bonchev–Trinajstić information content (AvgIpc) is 3.59. The maximum atomic E-state index is 15.0. The lowest BCUT2D eigenvalue weighted by molar-refractivity contribution is -0.133. The summed E-state index contributed by atoms with van der Waals surface area (Å²) in [5.74, 6) is 0.270. The predicted molar refractivity (Wildman–Crippen MR) is 217 cm³/mol. The van der Waals surface area contributed by atoms with Crippen molar-refractivity contribution in [3.05, 3.63) is 54.1 Å². The summed E-state index contributed by atoms with van der Waals surface area (Å²) in [5, 5.41) is 7.45. The first-order valence-electron chi connectivity index (χ1n) is 19.4. The minimum absolute atomic E-state index is 0. The van der Waals surface area contributed by atoms with Crippen molar-refractivity contribution >= 4 is 56.8 Å². The molecule has 5 rings (SSSR count). The number of nitrogens with zero attached hydrogens (tertiary/aromatic N) is 6. The van der Waals surface area contributed by atoms with Gasteiger partial charge in [0.25, 0.3) is 0 Å². The van der Waals surface area contributed by atoms with Gasteiger partial charge >= 0.3 is 0 Å². The number of rotatable bonds is 21. The lowest BCUT2D eigenvalue weighted by atomic mass is 9.92. The van der Waals surface area contributed by atoms with Gasteiger partial charge in [-0.25, -0.2) is 24.3 Å². The van der Waals surface area contributed by atoms with E-state index in [9.17, 15) is 4.79 Å². The fraction of sp³-hybridized carbons (Fsp3) is 0.575. The van der Waals surface area contributed by atoms with Gasteiger partial charge in [-0.3, -0.25) is 4.79 Å². The van der Waals surface area contributed by atoms with Crippen molar-refractivity contribution in [1.29, 1.82) is 0 Å². The van der Waals surface area contributed by atoms with Gasteiger partial charge in [-0.15, -0.1) is 12.4 Å². The maximum absolute atomic E-state index is 15.0. The van der Waals surface area contributed by atoms with Gasteiger partial charge < -0.3 is 20.4 Å². The smallest absolute Gasteiger partial charge is 0.230 e. The van der Waals surface area contributed by atoms with Crippen LogP contribution in [0.25, 0.3) is 21.5 Å². The van der Waals surface area contributed by atoms with Crippen LogP contribution in [0, 0.1) is 5.82 Å². The number of fused-ring (bicyclic) bond motifs is 1. The summed E-state index contributed by atoms with van der Waals surface area (Å²) >= 11 is 1.60. The third kappa shape index (κ3) is 11.8. The van der Waals surface area contributed by atoms with Crippen molar-refractivity contribution in [3.63, 3.8) is 0 Å². The highest BCUT2D eigenvalue weighted by molar-refractivity contribution is 7.22. The van der Waals surface area contributed by atoms with E-state index in [1.165, 1.54) is 70.4 Å². The van der Waals surface area contributed by atoms with Gasteiger partial charge in [-0.2, -0.15) is 0 Å². The molecular weight excluding hydrogens is 695 g/mol. The number of piperazine rings is 1. The maximum Gasteiger partial charge on any atom is 0.230 e. The predicted octanol–water partition coefficient (Wildman–Crippen LogP) is 9.91. The Bertz CT molecular complexity index is 1640. The van der Waals surface area contributed by atoms with Gasteiger partial charge in [0.15, 0.2) is 10.9 Å². The summed E-state index contributed by atoms with van der Waals surface area (Å²) in [6.07, 6.45) is 19.3. The molecule has 1 saturated heterocycles. The third-order valence-corrected chi connectivity index (χ3v) is 11.0. The number of benzene rings is 1. The van der Waals surface area contributed by atoms with E-state index in [-0.39, 0.29) is 35.9 Å². The minimum atomic E-state index is -0.497. The standard InChI is InChI=1S/C40H57FN8OS.ClH/c1-4-7-8-9-10-11-12-13-14-15-16-17-18-32(38(50)49-25-23-42-24-26-49)31-20-22-36(43-28-31)46-39-44-29-33(41)37(47-39)30-19-21-34-35(27-30)51-40(45-34)48(5-2)6-3;/h19-22,27-29,32,42H,4-18,23-26H2,1-3H3,(H,43,44,46,47);1H. The van der Waals surface area contributed by atoms with Crippen LogP contribution in [0.3, 0.4) is 0 Å². The zero-order chi connectivity index (χ0) is 35.8. The Labute approximate surface area is 320 Å². The Morgan fingerprint density at radius 1 is 0.885 bits per heavy atom. The molecule has 4 heterocycles. The van der Waals surface area contributed by atoms with Gasteiger partial charge in [0.2, 0.25) is 11.9 Å². The van der Waals surface area contributed by atoms with Crippen molar-refractivity contribution in [2.75, 3.05) is 49.5 Å². The fourth-order valence-corrected chi connectivity index (χ4v) is 7.98. The van der Waals surface area contributed by atoms with Gasteiger partial charge in [-0.05, 0) is 44.0 Å². The second kappa shape index (κ2) is 22.0. The molecule has 0 spiro atoms. The topological polar surface area (TPSA) is 99.2 Å². The molecule has 4 aromatic rings. The summed E-state index contributed by atoms with van der Waals surface area (Å²) in [7, 11) is 0. The fourth-order valence-electron chi connectivity index (χ4n) is 6.85. The Morgan fingerprint density at radius 2 is 1.56 bits per heavy atom. The van der Waals surface area contributed by atoms with Gasteiger partial charge in [0.05, 0.1) is 22.3 Å². The molecule has 1 aliphatic heterocycles. The first-order chi connectivity index (χ1) is 25.0. The van der Waals surface area contributed by atoms with Crippen molar-refractivity contribution < 1.29 is 9.18 Å². The molecule has 1 aromatic carbocycles. The van der Waals surface area contributed by atoms with Crippen LogP contribution >= 0.6 is 23.7 Å². The van der Waals surface area contributed by atoms with E-state index in [1.54, 1.807) is 17.5 Å². The first kappa shape index (κ1) is 41.3. The third-order valence-electron chi connectivity index (χ3n) is 9.93.